The number of guanidine groups is 1. The van der Waals surface area contributed by atoms with Crippen LogP contribution in [0.1, 0.15) is 37.1 Å². The van der Waals surface area contributed by atoms with Gasteiger partial charge in [0.1, 0.15) is 0 Å². The van der Waals surface area contributed by atoms with Crippen LogP contribution in [0.15, 0.2) is 44.4 Å². The summed E-state index contributed by atoms with van der Waals surface area (Å²) < 4.78 is 10.6. The SMILES string of the molecule is CN=C(NCc1cc(C(C)C)no1)NCc1nc(-c2ccc(Cl)cc2)no1.I. The van der Waals surface area contributed by atoms with Crippen molar-refractivity contribution in [3.63, 3.8) is 0 Å². The first kappa shape index (κ1) is 22.2. The Balaban J connectivity index is 0.00000280. The summed E-state index contributed by atoms with van der Waals surface area (Å²) in [7, 11) is 1.68. The van der Waals surface area contributed by atoms with Crippen molar-refractivity contribution in [3.05, 3.63) is 52.7 Å². The largest absolute Gasteiger partial charge is 0.359 e. The molecule has 0 radical (unpaired) electrons. The normalized spacial score (nSPS) is 11.4. The summed E-state index contributed by atoms with van der Waals surface area (Å²) in [4.78, 5) is 8.53. The van der Waals surface area contributed by atoms with Crippen molar-refractivity contribution in [1.82, 2.24) is 25.9 Å². The van der Waals surface area contributed by atoms with E-state index in [4.69, 9.17) is 20.6 Å². The highest BCUT2D eigenvalue weighted by molar-refractivity contribution is 14.0. The van der Waals surface area contributed by atoms with Gasteiger partial charge in [-0.1, -0.05) is 35.8 Å². The molecule has 0 bridgehead atoms. The standard InChI is InChI=1S/C18H21ClN6O2.HI/c1-11(2)15-8-14(26-24-15)9-21-18(20-3)22-10-16-23-17(25-27-16)12-4-6-13(19)7-5-12;/h4-8,11H,9-10H2,1-3H3,(H2,20,21,22);1H. The Morgan fingerprint density at radius 1 is 1.11 bits per heavy atom. The molecule has 1 aromatic carbocycles. The lowest BCUT2D eigenvalue weighted by atomic mass is 10.1. The van der Waals surface area contributed by atoms with E-state index in [9.17, 15) is 0 Å². The van der Waals surface area contributed by atoms with E-state index in [2.05, 4.69) is 44.8 Å². The predicted octanol–water partition coefficient (Wildman–Crippen LogP) is 3.98. The average molecular weight is 517 g/mol. The van der Waals surface area contributed by atoms with Gasteiger partial charge in [-0.25, -0.2) is 0 Å². The van der Waals surface area contributed by atoms with Crippen molar-refractivity contribution in [2.75, 3.05) is 7.05 Å². The maximum absolute atomic E-state index is 5.89. The minimum atomic E-state index is 0. The highest BCUT2D eigenvalue weighted by Gasteiger charge is 2.11. The molecule has 0 aliphatic heterocycles. The zero-order valence-corrected chi connectivity index (χ0v) is 18.9. The number of rotatable bonds is 6. The highest BCUT2D eigenvalue weighted by Crippen LogP contribution is 2.18. The van der Waals surface area contributed by atoms with Gasteiger partial charge in [-0.3, -0.25) is 4.99 Å². The van der Waals surface area contributed by atoms with Crippen molar-refractivity contribution in [2.45, 2.75) is 32.9 Å². The third-order valence-corrected chi connectivity index (χ3v) is 4.05. The van der Waals surface area contributed by atoms with Crippen LogP contribution in [0.25, 0.3) is 11.4 Å². The highest BCUT2D eigenvalue weighted by atomic mass is 127. The van der Waals surface area contributed by atoms with Crippen molar-refractivity contribution in [3.8, 4) is 11.4 Å². The first-order chi connectivity index (χ1) is 13.0. The van der Waals surface area contributed by atoms with Crippen LogP contribution in [0.5, 0.6) is 0 Å². The van der Waals surface area contributed by atoms with Gasteiger partial charge in [0, 0.05) is 23.7 Å². The van der Waals surface area contributed by atoms with Crippen LogP contribution in [-0.4, -0.2) is 28.3 Å². The molecule has 0 aliphatic carbocycles. The lowest BCUT2D eigenvalue weighted by Crippen LogP contribution is -2.36. The average Bonchev–Trinajstić information content (AvgIpc) is 3.32. The Labute approximate surface area is 185 Å². The fraction of sp³-hybridized carbons (Fsp3) is 0.333. The number of nitrogens with one attached hydrogen (secondary N) is 2. The van der Waals surface area contributed by atoms with Crippen LogP contribution < -0.4 is 10.6 Å². The van der Waals surface area contributed by atoms with Gasteiger partial charge in [0.05, 0.1) is 18.8 Å². The molecule has 2 N–H and O–H groups in total. The number of halogens is 2. The third kappa shape index (κ3) is 5.93. The first-order valence-electron chi connectivity index (χ1n) is 8.53. The summed E-state index contributed by atoms with van der Waals surface area (Å²) in [5, 5.41) is 14.9. The third-order valence-electron chi connectivity index (χ3n) is 3.80. The fourth-order valence-electron chi connectivity index (χ4n) is 2.28. The maximum atomic E-state index is 5.89. The first-order valence-corrected chi connectivity index (χ1v) is 8.91. The van der Waals surface area contributed by atoms with Crippen molar-refractivity contribution in [2.24, 2.45) is 4.99 Å². The van der Waals surface area contributed by atoms with Gasteiger partial charge in [0.25, 0.3) is 0 Å². The van der Waals surface area contributed by atoms with Crippen molar-refractivity contribution in [1.29, 1.82) is 0 Å². The second-order valence-corrected chi connectivity index (χ2v) is 6.61. The number of hydrogen-bond acceptors (Lipinski definition) is 6. The number of benzene rings is 1. The summed E-state index contributed by atoms with van der Waals surface area (Å²) in [5.74, 6) is 2.61. The Morgan fingerprint density at radius 2 is 1.82 bits per heavy atom. The number of hydrogen-bond donors (Lipinski definition) is 2. The molecule has 8 nitrogen and oxygen atoms in total. The minimum Gasteiger partial charge on any atom is -0.359 e. The van der Waals surface area contributed by atoms with E-state index in [0.29, 0.717) is 41.7 Å². The minimum absolute atomic E-state index is 0. The molecule has 2 heterocycles. The molecule has 150 valence electrons. The fourth-order valence-corrected chi connectivity index (χ4v) is 2.40. The van der Waals surface area contributed by atoms with E-state index >= 15 is 0 Å². The number of aliphatic imine (C=N–C) groups is 1. The van der Waals surface area contributed by atoms with Gasteiger partial charge >= 0.3 is 0 Å². The molecule has 0 amide bonds. The zero-order valence-electron chi connectivity index (χ0n) is 15.8. The van der Waals surface area contributed by atoms with E-state index in [-0.39, 0.29) is 24.0 Å². The molecule has 0 aliphatic rings. The van der Waals surface area contributed by atoms with Gasteiger partial charge in [0.2, 0.25) is 11.7 Å². The van der Waals surface area contributed by atoms with Gasteiger partial charge in [0.15, 0.2) is 11.7 Å². The van der Waals surface area contributed by atoms with E-state index in [1.165, 1.54) is 0 Å². The second kappa shape index (κ2) is 10.4. The van der Waals surface area contributed by atoms with Gasteiger partial charge < -0.3 is 19.7 Å². The summed E-state index contributed by atoms with van der Waals surface area (Å²) in [6.45, 7) is 4.95. The molecule has 0 saturated heterocycles. The lowest BCUT2D eigenvalue weighted by molar-refractivity contribution is 0.369. The van der Waals surface area contributed by atoms with Crippen LogP contribution in [0.2, 0.25) is 5.02 Å². The summed E-state index contributed by atoms with van der Waals surface area (Å²) in [6.07, 6.45) is 0. The molecule has 0 unspecified atom stereocenters. The van der Waals surface area contributed by atoms with Crippen LogP contribution in [0.4, 0.5) is 0 Å². The summed E-state index contributed by atoms with van der Waals surface area (Å²) in [5.41, 5.74) is 1.76. The molecular weight excluding hydrogens is 495 g/mol. The summed E-state index contributed by atoms with van der Waals surface area (Å²) in [6, 6.07) is 9.18. The van der Waals surface area contributed by atoms with Gasteiger partial charge in [-0.05, 0) is 30.2 Å². The molecule has 0 fully saturated rings. The van der Waals surface area contributed by atoms with Crippen molar-refractivity contribution < 1.29 is 9.05 Å². The molecule has 10 heteroatoms. The quantitative estimate of drug-likeness (QED) is 0.290. The maximum Gasteiger partial charge on any atom is 0.246 e. The molecule has 28 heavy (non-hydrogen) atoms. The van der Waals surface area contributed by atoms with Crippen LogP contribution in [0.3, 0.4) is 0 Å². The Kier molecular flexibility index (Phi) is 8.24. The molecular formula is C18H22ClIN6O2. The van der Waals surface area contributed by atoms with E-state index in [1.54, 1.807) is 19.2 Å². The molecule has 0 spiro atoms. The zero-order chi connectivity index (χ0) is 19.2. The summed E-state index contributed by atoms with van der Waals surface area (Å²) >= 11 is 5.89. The van der Waals surface area contributed by atoms with E-state index in [1.807, 2.05) is 18.2 Å². The molecule has 0 atom stereocenters. The van der Waals surface area contributed by atoms with Crippen molar-refractivity contribution >= 4 is 41.5 Å². The van der Waals surface area contributed by atoms with Crippen LogP contribution in [-0.2, 0) is 13.1 Å². The molecule has 2 aromatic heterocycles. The van der Waals surface area contributed by atoms with Crippen LogP contribution in [0, 0.1) is 0 Å². The molecule has 0 saturated carbocycles. The predicted molar refractivity (Wildman–Crippen MR) is 118 cm³/mol. The van der Waals surface area contributed by atoms with E-state index in [0.717, 1.165) is 17.0 Å². The lowest BCUT2D eigenvalue weighted by Gasteiger charge is -2.08. The van der Waals surface area contributed by atoms with Gasteiger partial charge in [-0.2, -0.15) is 4.98 Å². The molecule has 3 rings (SSSR count). The monoisotopic (exact) mass is 516 g/mol. The Morgan fingerprint density at radius 3 is 2.46 bits per heavy atom. The Hall–Kier alpha value is -2.14. The molecule has 3 aromatic rings. The van der Waals surface area contributed by atoms with Crippen LogP contribution >= 0.6 is 35.6 Å². The number of aromatic nitrogens is 3. The Bertz CT molecular complexity index is 907. The second-order valence-electron chi connectivity index (χ2n) is 6.17. The topological polar surface area (TPSA) is 101 Å². The van der Waals surface area contributed by atoms with Gasteiger partial charge in [-0.15, -0.1) is 24.0 Å². The number of nitrogens with zero attached hydrogens (tertiary/aromatic N) is 4. The van der Waals surface area contributed by atoms with E-state index < -0.39 is 0 Å². The smallest absolute Gasteiger partial charge is 0.246 e.